The minimum atomic E-state index is -5.58. The molecule has 3 heterocycles. The van der Waals surface area contributed by atoms with Crippen LogP contribution in [0.5, 0.6) is 0 Å². The molecule has 1 saturated heterocycles. The van der Waals surface area contributed by atoms with Gasteiger partial charge in [-0.1, -0.05) is 85.0 Å². The van der Waals surface area contributed by atoms with Gasteiger partial charge in [-0.15, -0.1) is 0 Å². The summed E-state index contributed by atoms with van der Waals surface area (Å²) >= 11 is 0.568. The molecule has 0 aliphatic carbocycles. The lowest BCUT2D eigenvalue weighted by molar-refractivity contribution is -0.137. The standard InChI is InChI=1S/C35H65N8O17P3S/c1-4-5-6-7-8-9-10-11-12-13-14-16-35(37,48)64-19-18-38-25(44)15-17-39-32(47)29(46)34(2,3)21-57-63(54,55)60-62(52,53)56-20-24-28(59-61(49,50)51)27(45)33(58-24)43-23-42-26-30(36)40-22-41-31(26)43/h22-24,27-29,33,45-46,48H,4-21,37H2,1-3H3,(H,38,44)(H,39,47)(H,52,53)(H,54,55)(H2,36,40,41)(H2,49,50,51)/p+1/t24-,27-,28-,29+,33-,35-/m1/s1. The third-order valence-corrected chi connectivity index (χ3v) is 14.4. The van der Waals surface area contributed by atoms with Crippen molar-refractivity contribution in [1.29, 1.82) is 0 Å². The summed E-state index contributed by atoms with van der Waals surface area (Å²) in [5, 5.41) is 35.7. The summed E-state index contributed by atoms with van der Waals surface area (Å²) in [7, 11) is -16.4. The zero-order chi connectivity index (χ0) is 47.8. The predicted molar refractivity (Wildman–Crippen MR) is 233 cm³/mol. The third kappa shape index (κ3) is 19.6. The number of hydrogen-bond acceptors (Lipinski definition) is 18. The summed E-state index contributed by atoms with van der Waals surface area (Å²) in [5.41, 5.74) is 10.3. The van der Waals surface area contributed by atoms with Gasteiger partial charge < -0.3 is 56.0 Å². The molecule has 64 heavy (non-hydrogen) atoms. The first kappa shape index (κ1) is 56.1. The Bertz CT molecular complexity index is 1930. The SMILES string of the molecule is CCCCCCCCCCCCC[C@@](N)(O)[SH+]CCNC(=O)CCNC(=O)[C@H](O)C(C)(C)COP(=O)(O)OP(=O)(O)OC[C@H]1O[C@@H](n2cnc3c(N)ncnc32)[C@H](O)[C@@H]1OP(=O)(O)O. The maximum atomic E-state index is 12.7. The van der Waals surface area contributed by atoms with Gasteiger partial charge in [0.05, 0.1) is 26.1 Å². The van der Waals surface area contributed by atoms with Crippen LogP contribution in [-0.4, -0.2) is 128 Å². The van der Waals surface area contributed by atoms with Crippen molar-refractivity contribution in [2.75, 3.05) is 37.8 Å². The summed E-state index contributed by atoms with van der Waals surface area (Å²) in [6.07, 6.45) is 6.55. The number of phosphoric ester groups is 3. The molecule has 13 N–H and O–H groups in total. The van der Waals surface area contributed by atoms with Crippen LogP contribution in [0.2, 0.25) is 0 Å². The highest BCUT2D eigenvalue weighted by Gasteiger charge is 2.50. The van der Waals surface area contributed by atoms with Gasteiger partial charge in [-0.2, -0.15) is 4.31 Å². The quantitative estimate of drug-likeness (QED) is 0.0163. The van der Waals surface area contributed by atoms with Crippen LogP contribution in [0.4, 0.5) is 5.82 Å². The van der Waals surface area contributed by atoms with E-state index in [2.05, 4.69) is 41.3 Å². The number of rotatable bonds is 32. The lowest BCUT2D eigenvalue weighted by atomic mass is 9.87. The van der Waals surface area contributed by atoms with E-state index in [0.717, 1.165) is 36.5 Å². The number of aliphatic hydroxyl groups is 3. The monoisotopic (exact) mass is 995 g/mol. The maximum absolute atomic E-state index is 12.7. The van der Waals surface area contributed by atoms with E-state index in [1.54, 1.807) is 0 Å². The number of amides is 2. The van der Waals surface area contributed by atoms with Crippen molar-refractivity contribution >= 4 is 64.0 Å². The molecule has 2 unspecified atom stereocenters. The maximum Gasteiger partial charge on any atom is 0.481 e. The molecule has 1 aliphatic rings. The van der Waals surface area contributed by atoms with Crippen LogP contribution < -0.4 is 22.1 Å². The van der Waals surface area contributed by atoms with E-state index < -0.39 is 89.6 Å². The molecule has 0 spiro atoms. The van der Waals surface area contributed by atoms with Gasteiger partial charge >= 0.3 is 23.5 Å². The molecule has 1 fully saturated rings. The molecule has 0 bridgehead atoms. The van der Waals surface area contributed by atoms with Crippen LogP contribution in [0.25, 0.3) is 11.2 Å². The highest BCUT2D eigenvalue weighted by Crippen LogP contribution is 2.61. The summed E-state index contributed by atoms with van der Waals surface area (Å²) in [5.74, 6) is -1.02. The number of aliphatic hydroxyl groups excluding tert-OH is 2. The number of aromatic nitrogens is 4. The molecule has 368 valence electrons. The Balaban J connectivity index is 1.37. The van der Waals surface area contributed by atoms with Crippen molar-refractivity contribution in [1.82, 2.24) is 30.2 Å². The predicted octanol–water partition coefficient (Wildman–Crippen LogP) is 1.53. The number of fused-ring (bicyclic) bond motifs is 1. The topological polar surface area (TPSA) is 393 Å². The molecule has 2 aromatic heterocycles. The van der Waals surface area contributed by atoms with Gasteiger partial charge in [-0.25, -0.2) is 28.6 Å². The molecule has 29 heteroatoms. The second kappa shape index (κ2) is 25.8. The molecule has 2 amide bonds. The first-order valence-corrected chi connectivity index (χ1v) is 26.6. The number of unbranched alkanes of at least 4 members (excludes halogenated alkanes) is 10. The second-order valence-corrected chi connectivity index (χ2v) is 21.9. The van der Waals surface area contributed by atoms with Crippen LogP contribution in [0.3, 0.4) is 0 Å². The van der Waals surface area contributed by atoms with E-state index in [4.69, 9.17) is 25.3 Å². The van der Waals surface area contributed by atoms with Gasteiger partial charge in [-0.3, -0.25) is 33.5 Å². The Hall–Kier alpha value is -2.19. The lowest BCUT2D eigenvalue weighted by Gasteiger charge is -2.30. The van der Waals surface area contributed by atoms with Crippen molar-refractivity contribution in [2.24, 2.45) is 11.1 Å². The normalized spacial score (nSPS) is 21.5. The Morgan fingerprint density at radius 1 is 0.938 bits per heavy atom. The molecular formula is C35H66N8O17P3S+. The molecule has 0 aromatic carbocycles. The van der Waals surface area contributed by atoms with E-state index in [9.17, 15) is 58.2 Å². The zero-order valence-electron chi connectivity index (χ0n) is 36.2. The van der Waals surface area contributed by atoms with Crippen LogP contribution in [0, 0.1) is 5.41 Å². The fraction of sp³-hybridized carbons (Fsp3) is 0.800. The zero-order valence-corrected chi connectivity index (χ0v) is 39.8. The number of nitrogens with zero attached hydrogens (tertiary/aromatic N) is 4. The fourth-order valence-corrected chi connectivity index (χ4v) is 10.3. The van der Waals surface area contributed by atoms with Crippen molar-refractivity contribution < 1.29 is 80.8 Å². The van der Waals surface area contributed by atoms with Gasteiger partial charge in [0.1, 0.15) is 42.0 Å². The largest absolute Gasteiger partial charge is 0.481 e. The average Bonchev–Trinajstić information content (AvgIpc) is 3.76. The average molecular weight is 996 g/mol. The highest BCUT2D eigenvalue weighted by molar-refractivity contribution is 7.79. The molecule has 0 radical (unpaired) electrons. The lowest BCUT2D eigenvalue weighted by Crippen LogP contribution is -2.46. The number of imidazole rings is 1. The van der Waals surface area contributed by atoms with Crippen molar-refractivity contribution in [3.8, 4) is 0 Å². The van der Waals surface area contributed by atoms with Gasteiger partial charge in [0.25, 0.3) is 5.06 Å². The first-order chi connectivity index (χ1) is 29.9. The van der Waals surface area contributed by atoms with Crippen LogP contribution in [-0.2, 0) is 57.7 Å². The Kier molecular flexibility index (Phi) is 22.6. The Labute approximate surface area is 375 Å². The number of nitrogens with one attached hydrogen (secondary N) is 2. The number of phosphoric acid groups is 3. The number of hydrogen-bond donors (Lipinski definition) is 11. The molecule has 1 aliphatic heterocycles. The van der Waals surface area contributed by atoms with E-state index >= 15 is 0 Å². The van der Waals surface area contributed by atoms with E-state index in [0.29, 0.717) is 23.9 Å². The van der Waals surface area contributed by atoms with E-state index in [1.807, 2.05) is 0 Å². The summed E-state index contributed by atoms with van der Waals surface area (Å²) in [6, 6.07) is 0. The number of nitrogens with two attached hydrogens (primary N) is 2. The number of thiol groups is 1. The first-order valence-electron chi connectivity index (χ1n) is 21.0. The number of carbonyl (C=O) groups excluding carboxylic acids is 2. The minimum absolute atomic E-state index is 0.0325. The molecule has 25 nitrogen and oxygen atoms in total. The van der Waals surface area contributed by atoms with Crippen LogP contribution in [0.1, 0.15) is 110 Å². The summed E-state index contributed by atoms with van der Waals surface area (Å²) in [6.45, 7) is 2.76. The van der Waals surface area contributed by atoms with Crippen LogP contribution >= 0.6 is 23.5 Å². The van der Waals surface area contributed by atoms with E-state index in [1.165, 1.54) is 65.2 Å². The number of carbonyl (C=O) groups is 2. The molecule has 2 aromatic rings. The number of nitrogen functional groups attached to an aromatic ring is 1. The number of anilines is 1. The summed E-state index contributed by atoms with van der Waals surface area (Å²) < 4.78 is 62.4. The third-order valence-electron chi connectivity index (χ3n) is 10.0. The fourth-order valence-electron chi connectivity index (χ4n) is 6.51. The number of ether oxygens (including phenoxy) is 1. The van der Waals surface area contributed by atoms with Gasteiger partial charge in [0, 0.05) is 36.6 Å². The Morgan fingerprint density at radius 3 is 2.17 bits per heavy atom. The van der Waals surface area contributed by atoms with Crippen molar-refractivity contribution in [3.63, 3.8) is 0 Å². The molecule has 0 saturated carbocycles. The molecule has 3 rings (SSSR count). The molecule has 8 atom stereocenters. The minimum Gasteiger partial charge on any atom is -0.386 e. The highest BCUT2D eigenvalue weighted by atomic mass is 32.2. The van der Waals surface area contributed by atoms with Crippen molar-refractivity contribution in [3.05, 3.63) is 12.7 Å². The summed E-state index contributed by atoms with van der Waals surface area (Å²) in [4.78, 5) is 76.1. The Morgan fingerprint density at radius 2 is 1.55 bits per heavy atom. The molecular weight excluding hydrogens is 929 g/mol. The van der Waals surface area contributed by atoms with Gasteiger partial charge in [-0.05, 0) is 6.42 Å². The van der Waals surface area contributed by atoms with Crippen molar-refractivity contribution in [2.45, 2.75) is 140 Å². The van der Waals surface area contributed by atoms with Crippen LogP contribution in [0.15, 0.2) is 12.7 Å². The van der Waals surface area contributed by atoms with Gasteiger partial charge in [0.2, 0.25) is 11.8 Å². The van der Waals surface area contributed by atoms with Gasteiger partial charge in [0.15, 0.2) is 17.7 Å². The van der Waals surface area contributed by atoms with E-state index in [-0.39, 0.29) is 36.5 Å². The smallest absolute Gasteiger partial charge is 0.386 e. The second-order valence-electron chi connectivity index (χ2n) is 16.1.